The summed E-state index contributed by atoms with van der Waals surface area (Å²) in [6.45, 7) is 5.10. The van der Waals surface area contributed by atoms with Crippen LogP contribution in [0, 0.1) is 6.92 Å². The quantitative estimate of drug-likeness (QED) is 0.896. The molecule has 4 heteroatoms. The zero-order valence-corrected chi connectivity index (χ0v) is 12.0. The van der Waals surface area contributed by atoms with Crippen LogP contribution in [0.25, 0.3) is 0 Å². The van der Waals surface area contributed by atoms with E-state index in [1.165, 1.54) is 11.1 Å². The highest BCUT2D eigenvalue weighted by atomic mass is 16.5. The van der Waals surface area contributed by atoms with E-state index in [4.69, 9.17) is 4.74 Å². The van der Waals surface area contributed by atoms with Gasteiger partial charge in [-0.1, -0.05) is 13.0 Å². The second kappa shape index (κ2) is 5.89. The Morgan fingerprint density at radius 1 is 1.42 bits per heavy atom. The van der Waals surface area contributed by atoms with Gasteiger partial charge in [0, 0.05) is 13.2 Å². The van der Waals surface area contributed by atoms with Gasteiger partial charge in [0.2, 0.25) is 0 Å². The second-order valence-corrected chi connectivity index (χ2v) is 4.68. The molecule has 1 N–H and O–H groups in total. The van der Waals surface area contributed by atoms with E-state index in [0.29, 0.717) is 0 Å². The number of nitrogens with zero attached hydrogens (tertiary/aromatic N) is 2. The highest BCUT2D eigenvalue weighted by molar-refractivity contribution is 5.39. The van der Waals surface area contributed by atoms with Gasteiger partial charge in [-0.2, -0.15) is 0 Å². The zero-order chi connectivity index (χ0) is 13.8. The fraction of sp³-hybridized carbons (Fsp3) is 0.400. The third-order valence-electron chi connectivity index (χ3n) is 3.22. The summed E-state index contributed by atoms with van der Waals surface area (Å²) in [5.41, 5.74) is 3.48. The van der Waals surface area contributed by atoms with Crippen LogP contribution in [-0.4, -0.2) is 23.2 Å². The molecule has 2 aromatic rings. The van der Waals surface area contributed by atoms with Crippen LogP contribution in [0.1, 0.15) is 29.8 Å². The van der Waals surface area contributed by atoms with Gasteiger partial charge in [-0.3, -0.25) is 0 Å². The monoisotopic (exact) mass is 259 g/mol. The molecule has 0 saturated carbocycles. The first-order valence-electron chi connectivity index (χ1n) is 6.51. The number of benzene rings is 1. The van der Waals surface area contributed by atoms with E-state index in [2.05, 4.69) is 42.5 Å². The van der Waals surface area contributed by atoms with Crippen LogP contribution in [0.3, 0.4) is 0 Å². The summed E-state index contributed by atoms with van der Waals surface area (Å²) in [6.07, 6.45) is 3.88. The lowest BCUT2D eigenvalue weighted by Gasteiger charge is -2.19. The maximum atomic E-state index is 5.26. The molecule has 0 saturated heterocycles. The zero-order valence-electron chi connectivity index (χ0n) is 12.0. The normalized spacial score (nSPS) is 12.4. The Morgan fingerprint density at radius 2 is 2.21 bits per heavy atom. The first-order chi connectivity index (χ1) is 9.15. The fourth-order valence-electron chi connectivity index (χ4n) is 2.26. The van der Waals surface area contributed by atoms with Gasteiger partial charge >= 0.3 is 0 Å². The van der Waals surface area contributed by atoms with Gasteiger partial charge in [0.15, 0.2) is 0 Å². The molecule has 4 nitrogen and oxygen atoms in total. The van der Waals surface area contributed by atoms with Crippen molar-refractivity contribution < 1.29 is 4.74 Å². The molecular formula is C15H21N3O. The van der Waals surface area contributed by atoms with Gasteiger partial charge in [0.25, 0.3) is 0 Å². The third kappa shape index (κ3) is 2.96. The minimum Gasteiger partial charge on any atom is -0.497 e. The molecule has 0 amide bonds. The summed E-state index contributed by atoms with van der Waals surface area (Å²) in [4.78, 5) is 4.46. The molecule has 0 aliphatic carbocycles. The molecule has 0 bridgehead atoms. The van der Waals surface area contributed by atoms with Crippen molar-refractivity contribution in [2.45, 2.75) is 19.9 Å². The SMILES string of the molecule is CCNC(c1cn(C)cn1)c1ccc(OC)cc1C. The van der Waals surface area contributed by atoms with Crippen LogP contribution >= 0.6 is 0 Å². The summed E-state index contributed by atoms with van der Waals surface area (Å²) < 4.78 is 7.23. The average molecular weight is 259 g/mol. The Kier molecular flexibility index (Phi) is 4.22. The summed E-state index contributed by atoms with van der Waals surface area (Å²) in [6, 6.07) is 6.28. The maximum absolute atomic E-state index is 5.26. The summed E-state index contributed by atoms with van der Waals surface area (Å²) in [5.74, 6) is 0.887. The van der Waals surface area contributed by atoms with E-state index in [9.17, 15) is 0 Å². The number of methoxy groups -OCH3 is 1. The van der Waals surface area contributed by atoms with Crippen LogP contribution in [0.5, 0.6) is 5.75 Å². The molecule has 102 valence electrons. The number of hydrogen-bond donors (Lipinski definition) is 1. The van der Waals surface area contributed by atoms with E-state index in [-0.39, 0.29) is 6.04 Å². The number of nitrogens with one attached hydrogen (secondary N) is 1. The van der Waals surface area contributed by atoms with Crippen molar-refractivity contribution >= 4 is 0 Å². The van der Waals surface area contributed by atoms with Crippen LogP contribution in [-0.2, 0) is 7.05 Å². The molecule has 0 aliphatic rings. The number of ether oxygens (including phenoxy) is 1. The van der Waals surface area contributed by atoms with Gasteiger partial charge in [0.05, 0.1) is 25.2 Å². The number of rotatable bonds is 5. The molecule has 0 spiro atoms. The summed E-state index contributed by atoms with van der Waals surface area (Å²) in [7, 11) is 3.68. The van der Waals surface area contributed by atoms with Crippen LogP contribution < -0.4 is 10.1 Å². The van der Waals surface area contributed by atoms with Crippen molar-refractivity contribution in [3.63, 3.8) is 0 Å². The van der Waals surface area contributed by atoms with E-state index in [1.54, 1.807) is 7.11 Å². The van der Waals surface area contributed by atoms with Crippen LogP contribution in [0.4, 0.5) is 0 Å². The smallest absolute Gasteiger partial charge is 0.119 e. The van der Waals surface area contributed by atoms with E-state index in [1.807, 2.05) is 24.0 Å². The molecule has 2 rings (SSSR count). The maximum Gasteiger partial charge on any atom is 0.119 e. The molecule has 0 fully saturated rings. The standard InChI is InChI=1S/C15H21N3O/c1-5-16-15(14-9-18(3)10-17-14)13-7-6-12(19-4)8-11(13)2/h6-10,15-16H,5H2,1-4H3. The van der Waals surface area contributed by atoms with E-state index in [0.717, 1.165) is 18.0 Å². The first kappa shape index (κ1) is 13.6. The van der Waals surface area contributed by atoms with Gasteiger partial charge < -0.3 is 14.6 Å². The number of imidazole rings is 1. The summed E-state index contributed by atoms with van der Waals surface area (Å²) in [5, 5.41) is 3.49. The third-order valence-corrected chi connectivity index (χ3v) is 3.22. The molecule has 19 heavy (non-hydrogen) atoms. The van der Waals surface area contributed by atoms with Gasteiger partial charge in [-0.05, 0) is 36.7 Å². The minimum absolute atomic E-state index is 0.122. The van der Waals surface area contributed by atoms with Gasteiger partial charge in [-0.15, -0.1) is 0 Å². The highest BCUT2D eigenvalue weighted by Crippen LogP contribution is 2.26. The van der Waals surface area contributed by atoms with Crippen molar-refractivity contribution in [2.75, 3.05) is 13.7 Å². The Hall–Kier alpha value is -1.81. The summed E-state index contributed by atoms with van der Waals surface area (Å²) >= 11 is 0. The topological polar surface area (TPSA) is 39.1 Å². The predicted molar refractivity (Wildman–Crippen MR) is 76.5 cm³/mol. The minimum atomic E-state index is 0.122. The Balaban J connectivity index is 2.39. The molecule has 0 aliphatic heterocycles. The van der Waals surface area contributed by atoms with Crippen molar-refractivity contribution in [1.82, 2.24) is 14.9 Å². The van der Waals surface area contributed by atoms with Crippen LogP contribution in [0.15, 0.2) is 30.7 Å². The van der Waals surface area contributed by atoms with Crippen molar-refractivity contribution in [3.8, 4) is 5.75 Å². The van der Waals surface area contributed by atoms with E-state index >= 15 is 0 Å². The van der Waals surface area contributed by atoms with Crippen molar-refractivity contribution in [2.24, 2.45) is 7.05 Å². The largest absolute Gasteiger partial charge is 0.497 e. The number of hydrogen-bond acceptors (Lipinski definition) is 3. The number of aromatic nitrogens is 2. The molecule has 1 atom stereocenters. The second-order valence-electron chi connectivity index (χ2n) is 4.68. The Morgan fingerprint density at radius 3 is 2.74 bits per heavy atom. The van der Waals surface area contributed by atoms with E-state index < -0.39 is 0 Å². The fourth-order valence-corrected chi connectivity index (χ4v) is 2.26. The molecule has 1 aromatic carbocycles. The lowest BCUT2D eigenvalue weighted by molar-refractivity contribution is 0.414. The van der Waals surface area contributed by atoms with Gasteiger partial charge in [0.1, 0.15) is 5.75 Å². The molecule has 0 radical (unpaired) electrons. The van der Waals surface area contributed by atoms with Gasteiger partial charge in [-0.25, -0.2) is 4.98 Å². The lowest BCUT2D eigenvalue weighted by atomic mass is 9.98. The lowest BCUT2D eigenvalue weighted by Crippen LogP contribution is -2.23. The highest BCUT2D eigenvalue weighted by Gasteiger charge is 2.17. The predicted octanol–water partition coefficient (Wildman–Crippen LogP) is 2.44. The number of aryl methyl sites for hydroxylation is 2. The molecule has 1 heterocycles. The Bertz CT molecular complexity index is 548. The Labute approximate surface area is 114 Å². The van der Waals surface area contributed by atoms with Crippen molar-refractivity contribution in [3.05, 3.63) is 47.5 Å². The van der Waals surface area contributed by atoms with Crippen LogP contribution in [0.2, 0.25) is 0 Å². The van der Waals surface area contributed by atoms with Crippen molar-refractivity contribution in [1.29, 1.82) is 0 Å². The first-order valence-corrected chi connectivity index (χ1v) is 6.51. The molecular weight excluding hydrogens is 238 g/mol. The molecule has 1 unspecified atom stereocenters. The molecule has 1 aromatic heterocycles. The average Bonchev–Trinajstić information content (AvgIpc) is 2.83.